The molecule has 19 heavy (non-hydrogen) atoms. The number of nitriles is 1. The third-order valence-corrected chi connectivity index (χ3v) is 3.84. The lowest BCUT2D eigenvalue weighted by atomic mass is 9.82. The van der Waals surface area contributed by atoms with E-state index >= 15 is 0 Å². The van der Waals surface area contributed by atoms with Crippen molar-refractivity contribution < 1.29 is 4.74 Å². The largest absolute Gasteiger partial charge is 0.381 e. The predicted molar refractivity (Wildman–Crippen MR) is 75.1 cm³/mol. The molecule has 0 radical (unpaired) electrons. The molecule has 1 N–H and O–H groups in total. The van der Waals surface area contributed by atoms with Crippen molar-refractivity contribution in [1.82, 2.24) is 4.98 Å². The Kier molecular flexibility index (Phi) is 4.06. The Morgan fingerprint density at radius 3 is 2.74 bits per heavy atom. The maximum atomic E-state index is 9.24. The standard InChI is InChI=1S/C15H21N3O/c1-11-8-12(2)18-14(13(11)9-16)17-10-15(3)4-6-19-7-5-15/h8H,4-7,10H2,1-3H3,(H,17,18). The summed E-state index contributed by atoms with van der Waals surface area (Å²) < 4.78 is 5.40. The van der Waals surface area contributed by atoms with Gasteiger partial charge in [-0.3, -0.25) is 0 Å². The van der Waals surface area contributed by atoms with Gasteiger partial charge in [-0.15, -0.1) is 0 Å². The van der Waals surface area contributed by atoms with E-state index in [4.69, 9.17) is 4.74 Å². The number of pyridine rings is 1. The summed E-state index contributed by atoms with van der Waals surface area (Å²) in [6, 6.07) is 4.19. The zero-order valence-electron chi connectivity index (χ0n) is 11.9. The van der Waals surface area contributed by atoms with Gasteiger partial charge < -0.3 is 10.1 Å². The maximum absolute atomic E-state index is 9.24. The lowest BCUT2D eigenvalue weighted by Crippen LogP contribution is -2.33. The summed E-state index contributed by atoms with van der Waals surface area (Å²) >= 11 is 0. The van der Waals surface area contributed by atoms with Crippen molar-refractivity contribution >= 4 is 5.82 Å². The van der Waals surface area contributed by atoms with Crippen molar-refractivity contribution in [2.75, 3.05) is 25.1 Å². The van der Waals surface area contributed by atoms with Gasteiger partial charge in [0.05, 0.1) is 5.56 Å². The van der Waals surface area contributed by atoms with Crippen LogP contribution in [0.25, 0.3) is 0 Å². The second-order valence-electron chi connectivity index (χ2n) is 5.69. The van der Waals surface area contributed by atoms with Crippen LogP contribution in [0.3, 0.4) is 0 Å². The van der Waals surface area contributed by atoms with E-state index in [0.29, 0.717) is 11.4 Å². The third-order valence-electron chi connectivity index (χ3n) is 3.84. The predicted octanol–water partition coefficient (Wildman–Crippen LogP) is 2.80. The van der Waals surface area contributed by atoms with Crippen LogP contribution in [0.1, 0.15) is 36.6 Å². The zero-order chi connectivity index (χ0) is 13.9. The van der Waals surface area contributed by atoms with Crippen LogP contribution in [0, 0.1) is 30.6 Å². The summed E-state index contributed by atoms with van der Waals surface area (Å²) in [7, 11) is 0. The first-order valence-electron chi connectivity index (χ1n) is 6.74. The third kappa shape index (κ3) is 3.24. The van der Waals surface area contributed by atoms with Crippen LogP contribution in [0.2, 0.25) is 0 Å². The Balaban J connectivity index is 2.13. The molecule has 2 rings (SSSR count). The zero-order valence-corrected chi connectivity index (χ0v) is 11.9. The van der Waals surface area contributed by atoms with Gasteiger partial charge in [0.1, 0.15) is 11.9 Å². The fourth-order valence-corrected chi connectivity index (χ4v) is 2.44. The van der Waals surface area contributed by atoms with Gasteiger partial charge in [-0.1, -0.05) is 6.92 Å². The van der Waals surface area contributed by atoms with Crippen LogP contribution < -0.4 is 5.32 Å². The Morgan fingerprint density at radius 2 is 2.11 bits per heavy atom. The molecular formula is C15H21N3O. The van der Waals surface area contributed by atoms with Gasteiger partial charge in [-0.25, -0.2) is 4.98 Å². The van der Waals surface area contributed by atoms with Gasteiger partial charge in [0, 0.05) is 25.5 Å². The van der Waals surface area contributed by atoms with Gasteiger partial charge in [0.25, 0.3) is 0 Å². The topological polar surface area (TPSA) is 57.9 Å². The number of aromatic nitrogens is 1. The number of hydrogen-bond acceptors (Lipinski definition) is 4. The van der Waals surface area contributed by atoms with Gasteiger partial charge in [0.2, 0.25) is 0 Å². The maximum Gasteiger partial charge on any atom is 0.144 e. The van der Waals surface area contributed by atoms with Crippen molar-refractivity contribution in [3.63, 3.8) is 0 Å². The van der Waals surface area contributed by atoms with Crippen LogP contribution in [-0.2, 0) is 4.74 Å². The highest BCUT2D eigenvalue weighted by molar-refractivity contribution is 5.56. The summed E-state index contributed by atoms with van der Waals surface area (Å²) in [5.74, 6) is 0.715. The Labute approximate surface area is 114 Å². The monoisotopic (exact) mass is 259 g/mol. The normalized spacial score (nSPS) is 17.8. The molecule has 1 aromatic rings. The number of anilines is 1. The van der Waals surface area contributed by atoms with Gasteiger partial charge in [-0.05, 0) is 43.7 Å². The Bertz CT molecular complexity index is 499. The van der Waals surface area contributed by atoms with Crippen LogP contribution >= 0.6 is 0 Å². The molecule has 1 fully saturated rings. The molecule has 0 aliphatic carbocycles. The van der Waals surface area contributed by atoms with E-state index in [0.717, 1.165) is 43.9 Å². The van der Waals surface area contributed by atoms with E-state index in [-0.39, 0.29) is 5.41 Å². The molecular weight excluding hydrogens is 238 g/mol. The van der Waals surface area contributed by atoms with E-state index in [9.17, 15) is 5.26 Å². The molecule has 2 heterocycles. The number of hydrogen-bond donors (Lipinski definition) is 1. The number of aryl methyl sites for hydroxylation is 2. The summed E-state index contributed by atoms with van der Waals surface area (Å²) in [6.07, 6.45) is 2.10. The summed E-state index contributed by atoms with van der Waals surface area (Å²) in [4.78, 5) is 4.46. The highest BCUT2D eigenvalue weighted by atomic mass is 16.5. The van der Waals surface area contributed by atoms with Gasteiger partial charge >= 0.3 is 0 Å². The fraction of sp³-hybridized carbons (Fsp3) is 0.600. The van der Waals surface area contributed by atoms with E-state index in [1.807, 2.05) is 19.9 Å². The molecule has 0 unspecified atom stereocenters. The molecule has 102 valence electrons. The molecule has 1 saturated heterocycles. The van der Waals surface area contributed by atoms with Crippen molar-refractivity contribution in [2.45, 2.75) is 33.6 Å². The van der Waals surface area contributed by atoms with Crippen molar-refractivity contribution in [2.24, 2.45) is 5.41 Å². The van der Waals surface area contributed by atoms with E-state index in [1.54, 1.807) is 0 Å². The number of nitrogens with zero attached hydrogens (tertiary/aromatic N) is 2. The van der Waals surface area contributed by atoms with E-state index in [2.05, 4.69) is 23.3 Å². The second kappa shape index (κ2) is 5.58. The van der Waals surface area contributed by atoms with Crippen LogP contribution in [-0.4, -0.2) is 24.7 Å². The van der Waals surface area contributed by atoms with Crippen LogP contribution in [0.4, 0.5) is 5.82 Å². The van der Waals surface area contributed by atoms with Crippen LogP contribution in [0.5, 0.6) is 0 Å². The molecule has 0 saturated carbocycles. The van der Waals surface area contributed by atoms with Gasteiger partial charge in [-0.2, -0.15) is 5.26 Å². The molecule has 4 heteroatoms. The Hall–Kier alpha value is -1.60. The summed E-state index contributed by atoms with van der Waals surface area (Å²) in [5.41, 5.74) is 2.80. The minimum atomic E-state index is 0.226. The first-order chi connectivity index (χ1) is 9.04. The first-order valence-corrected chi connectivity index (χ1v) is 6.74. The lowest BCUT2D eigenvalue weighted by Gasteiger charge is -2.33. The number of nitrogens with one attached hydrogen (secondary N) is 1. The van der Waals surface area contributed by atoms with Crippen molar-refractivity contribution in [1.29, 1.82) is 5.26 Å². The molecule has 0 spiro atoms. The van der Waals surface area contributed by atoms with E-state index < -0.39 is 0 Å². The average Bonchev–Trinajstić information content (AvgIpc) is 2.37. The molecule has 1 aromatic heterocycles. The highest BCUT2D eigenvalue weighted by Gasteiger charge is 2.27. The molecule has 0 bridgehead atoms. The summed E-state index contributed by atoms with van der Waals surface area (Å²) in [6.45, 7) is 8.65. The Morgan fingerprint density at radius 1 is 1.42 bits per heavy atom. The number of ether oxygens (including phenoxy) is 1. The van der Waals surface area contributed by atoms with E-state index in [1.165, 1.54) is 0 Å². The highest BCUT2D eigenvalue weighted by Crippen LogP contribution is 2.30. The average molecular weight is 259 g/mol. The fourth-order valence-electron chi connectivity index (χ4n) is 2.44. The number of rotatable bonds is 3. The quantitative estimate of drug-likeness (QED) is 0.906. The van der Waals surface area contributed by atoms with Gasteiger partial charge in [0.15, 0.2) is 0 Å². The lowest BCUT2D eigenvalue weighted by molar-refractivity contribution is 0.0299. The SMILES string of the molecule is Cc1cc(C)c(C#N)c(NCC2(C)CCOCC2)n1. The molecule has 1 aliphatic rings. The molecule has 4 nitrogen and oxygen atoms in total. The molecule has 0 atom stereocenters. The summed E-state index contributed by atoms with van der Waals surface area (Å²) in [5, 5.41) is 12.6. The molecule has 0 amide bonds. The van der Waals surface area contributed by atoms with Crippen molar-refractivity contribution in [3.05, 3.63) is 22.9 Å². The molecule has 1 aliphatic heterocycles. The first kappa shape index (κ1) is 13.8. The van der Waals surface area contributed by atoms with Crippen molar-refractivity contribution in [3.8, 4) is 6.07 Å². The van der Waals surface area contributed by atoms with Crippen LogP contribution in [0.15, 0.2) is 6.07 Å². The molecule has 0 aromatic carbocycles. The smallest absolute Gasteiger partial charge is 0.144 e. The second-order valence-corrected chi connectivity index (χ2v) is 5.69. The minimum absolute atomic E-state index is 0.226. The minimum Gasteiger partial charge on any atom is -0.381 e.